The quantitative estimate of drug-likeness (QED) is 0.803. The lowest BCUT2D eigenvalue weighted by atomic mass is 10.2. The normalized spacial score (nSPS) is 28.4. The van der Waals surface area contributed by atoms with E-state index < -0.39 is 16.1 Å². The molecule has 3 saturated heterocycles. The smallest absolute Gasteiger partial charge is 0.248 e. The lowest BCUT2D eigenvalue weighted by Crippen LogP contribution is -2.48. The lowest BCUT2D eigenvalue weighted by molar-refractivity contribution is -0.135. The summed E-state index contributed by atoms with van der Waals surface area (Å²) in [4.78, 5) is 26.6. The summed E-state index contributed by atoms with van der Waals surface area (Å²) in [5, 5.41) is 2.82. The summed E-state index contributed by atoms with van der Waals surface area (Å²) >= 11 is 1.63. The Morgan fingerprint density at radius 2 is 2.00 bits per heavy atom. The van der Waals surface area contributed by atoms with Gasteiger partial charge in [0.2, 0.25) is 21.8 Å². The van der Waals surface area contributed by atoms with Gasteiger partial charge in [0.1, 0.15) is 6.04 Å². The van der Waals surface area contributed by atoms with E-state index in [1.165, 1.54) is 10.4 Å². The maximum absolute atomic E-state index is 12.9. The number of nitrogens with zero attached hydrogens (tertiary/aromatic N) is 2. The number of thioether (sulfide) groups is 1. The maximum atomic E-state index is 12.9. The Balaban J connectivity index is 1.51. The number of amides is 2. The molecule has 0 unspecified atom stereocenters. The first kappa shape index (κ1) is 19.7. The zero-order valence-corrected chi connectivity index (χ0v) is 17.5. The average Bonchev–Trinajstić information content (AvgIpc) is 3.18. The van der Waals surface area contributed by atoms with Crippen LogP contribution in [0.2, 0.25) is 0 Å². The minimum atomic E-state index is -3.56. The van der Waals surface area contributed by atoms with E-state index in [0.29, 0.717) is 31.0 Å². The SMILES string of the molecule is C[C@@]12CCC(=O)N1[C@@H](C(=O)Nc1cccc(S(=O)(=O)N3CCCCC3)c1)CS2. The number of anilines is 1. The molecule has 152 valence electrons. The van der Waals surface area contributed by atoms with E-state index >= 15 is 0 Å². The van der Waals surface area contributed by atoms with Gasteiger partial charge in [-0.1, -0.05) is 12.5 Å². The molecule has 2 amide bonds. The zero-order chi connectivity index (χ0) is 19.9. The van der Waals surface area contributed by atoms with Crippen molar-refractivity contribution in [3.63, 3.8) is 0 Å². The lowest BCUT2D eigenvalue weighted by Gasteiger charge is -2.30. The Morgan fingerprint density at radius 3 is 2.75 bits per heavy atom. The number of fused-ring (bicyclic) bond motifs is 1. The number of sulfonamides is 1. The molecule has 9 heteroatoms. The van der Waals surface area contributed by atoms with Crippen molar-refractivity contribution in [3.05, 3.63) is 24.3 Å². The number of carbonyl (C=O) groups excluding carboxylic acids is 2. The van der Waals surface area contributed by atoms with E-state index in [0.717, 1.165) is 25.7 Å². The number of piperidine rings is 1. The molecule has 0 aliphatic carbocycles. The van der Waals surface area contributed by atoms with E-state index in [-0.39, 0.29) is 21.6 Å². The van der Waals surface area contributed by atoms with E-state index in [9.17, 15) is 18.0 Å². The molecule has 7 nitrogen and oxygen atoms in total. The molecule has 4 rings (SSSR count). The minimum absolute atomic E-state index is 0.00840. The van der Waals surface area contributed by atoms with Crippen LogP contribution in [0, 0.1) is 0 Å². The monoisotopic (exact) mass is 423 g/mol. The van der Waals surface area contributed by atoms with Gasteiger partial charge in [0.25, 0.3) is 0 Å². The van der Waals surface area contributed by atoms with Crippen molar-refractivity contribution in [2.24, 2.45) is 0 Å². The average molecular weight is 424 g/mol. The van der Waals surface area contributed by atoms with Gasteiger partial charge >= 0.3 is 0 Å². The van der Waals surface area contributed by atoms with Crippen molar-refractivity contribution in [2.45, 2.75) is 54.8 Å². The van der Waals surface area contributed by atoms with Crippen LogP contribution in [0.5, 0.6) is 0 Å². The molecule has 0 radical (unpaired) electrons. The highest BCUT2D eigenvalue weighted by molar-refractivity contribution is 8.01. The fraction of sp³-hybridized carbons (Fsp3) is 0.579. The molecular formula is C19H25N3O4S2. The Kier molecular flexibility index (Phi) is 5.18. The van der Waals surface area contributed by atoms with Gasteiger partial charge in [0.15, 0.2) is 0 Å². The number of benzene rings is 1. The topological polar surface area (TPSA) is 86.8 Å². The van der Waals surface area contributed by atoms with Crippen LogP contribution in [0.3, 0.4) is 0 Å². The molecule has 0 bridgehead atoms. The molecule has 0 saturated carbocycles. The second-order valence-corrected chi connectivity index (χ2v) is 11.2. The van der Waals surface area contributed by atoms with Gasteiger partial charge in [-0.05, 0) is 44.4 Å². The van der Waals surface area contributed by atoms with Crippen LogP contribution in [0.15, 0.2) is 29.2 Å². The standard InChI is InChI=1S/C19H25N3O4S2/c1-19-9-8-17(23)22(19)16(13-27-19)18(24)20-14-6-5-7-15(12-14)28(25,26)21-10-3-2-4-11-21/h5-7,12,16H,2-4,8-11,13H2,1H3,(H,20,24)/t16-,19-/m1/s1. The van der Waals surface area contributed by atoms with Crippen molar-refractivity contribution in [1.29, 1.82) is 0 Å². The Hall–Kier alpha value is -1.58. The first-order valence-electron chi connectivity index (χ1n) is 9.68. The van der Waals surface area contributed by atoms with Gasteiger partial charge in [-0.25, -0.2) is 8.42 Å². The molecule has 3 aliphatic rings. The number of nitrogens with one attached hydrogen (secondary N) is 1. The molecule has 0 aromatic heterocycles. The van der Waals surface area contributed by atoms with Crippen molar-refractivity contribution in [3.8, 4) is 0 Å². The molecule has 2 atom stereocenters. The fourth-order valence-electron chi connectivity index (χ4n) is 4.23. The van der Waals surface area contributed by atoms with Crippen LogP contribution in [0.1, 0.15) is 39.0 Å². The van der Waals surface area contributed by atoms with Gasteiger partial charge in [-0.15, -0.1) is 11.8 Å². The third-order valence-electron chi connectivity index (χ3n) is 5.80. The summed E-state index contributed by atoms with van der Waals surface area (Å²) in [7, 11) is -3.56. The Morgan fingerprint density at radius 1 is 1.25 bits per heavy atom. The van der Waals surface area contributed by atoms with Crippen LogP contribution in [-0.2, 0) is 19.6 Å². The van der Waals surface area contributed by atoms with Crippen LogP contribution < -0.4 is 5.32 Å². The Bertz CT molecular complexity index is 898. The predicted octanol–water partition coefficient (Wildman–Crippen LogP) is 2.25. The highest BCUT2D eigenvalue weighted by Crippen LogP contribution is 2.47. The first-order valence-corrected chi connectivity index (χ1v) is 12.1. The molecule has 1 aromatic rings. The number of rotatable bonds is 4. The van der Waals surface area contributed by atoms with Gasteiger partial charge in [0.05, 0.1) is 9.77 Å². The summed E-state index contributed by atoms with van der Waals surface area (Å²) < 4.78 is 27.3. The van der Waals surface area contributed by atoms with Gasteiger partial charge in [-0.3, -0.25) is 9.59 Å². The first-order chi connectivity index (χ1) is 13.3. The molecule has 1 N–H and O–H groups in total. The van der Waals surface area contributed by atoms with Crippen LogP contribution >= 0.6 is 11.8 Å². The molecule has 1 aromatic carbocycles. The van der Waals surface area contributed by atoms with Crippen LogP contribution in [-0.4, -0.2) is 59.2 Å². The van der Waals surface area contributed by atoms with E-state index in [4.69, 9.17) is 0 Å². The number of hydrogen-bond donors (Lipinski definition) is 1. The third kappa shape index (κ3) is 3.44. The zero-order valence-electron chi connectivity index (χ0n) is 15.9. The largest absolute Gasteiger partial charge is 0.324 e. The second-order valence-electron chi connectivity index (χ2n) is 7.75. The van der Waals surface area contributed by atoms with Gasteiger partial charge in [-0.2, -0.15) is 4.31 Å². The summed E-state index contributed by atoms with van der Waals surface area (Å²) in [5.41, 5.74) is 0.438. The van der Waals surface area contributed by atoms with Crippen molar-refractivity contribution >= 4 is 39.3 Å². The molecule has 3 heterocycles. The minimum Gasteiger partial charge on any atom is -0.324 e. The summed E-state index contributed by atoms with van der Waals surface area (Å²) in [6.07, 6.45) is 4.02. The number of hydrogen-bond acceptors (Lipinski definition) is 5. The summed E-state index contributed by atoms with van der Waals surface area (Å²) in [5.74, 6) is 0.299. The Labute approximate surface area is 169 Å². The van der Waals surface area contributed by atoms with Gasteiger partial charge < -0.3 is 10.2 Å². The maximum Gasteiger partial charge on any atom is 0.248 e. The van der Waals surface area contributed by atoms with E-state index in [2.05, 4.69) is 5.32 Å². The molecule has 3 fully saturated rings. The van der Waals surface area contributed by atoms with E-state index in [1.54, 1.807) is 34.9 Å². The highest BCUT2D eigenvalue weighted by atomic mass is 32.2. The number of carbonyl (C=O) groups is 2. The molecule has 28 heavy (non-hydrogen) atoms. The molecule has 0 spiro atoms. The van der Waals surface area contributed by atoms with Crippen molar-refractivity contribution < 1.29 is 18.0 Å². The van der Waals surface area contributed by atoms with Gasteiger partial charge in [0, 0.05) is 31.0 Å². The van der Waals surface area contributed by atoms with E-state index in [1.807, 2.05) is 6.92 Å². The molecule has 3 aliphatic heterocycles. The predicted molar refractivity (Wildman–Crippen MR) is 108 cm³/mol. The van der Waals surface area contributed by atoms with Crippen LogP contribution in [0.4, 0.5) is 5.69 Å². The fourth-order valence-corrected chi connectivity index (χ4v) is 7.22. The third-order valence-corrected chi connectivity index (χ3v) is 9.20. The summed E-state index contributed by atoms with van der Waals surface area (Å²) in [6, 6.07) is 5.87. The van der Waals surface area contributed by atoms with Crippen molar-refractivity contribution in [2.75, 3.05) is 24.2 Å². The van der Waals surface area contributed by atoms with Crippen molar-refractivity contribution in [1.82, 2.24) is 9.21 Å². The molecular weight excluding hydrogens is 398 g/mol. The second kappa shape index (κ2) is 7.35. The summed E-state index contributed by atoms with van der Waals surface area (Å²) in [6.45, 7) is 3.07. The van der Waals surface area contributed by atoms with Crippen LogP contribution in [0.25, 0.3) is 0 Å². The highest BCUT2D eigenvalue weighted by Gasteiger charge is 2.52.